The molecule has 1 aromatic rings. The molecule has 1 aliphatic heterocycles. The molecule has 0 amide bonds. The van der Waals surface area contributed by atoms with Crippen molar-refractivity contribution < 1.29 is 4.74 Å². The monoisotopic (exact) mass is 173 g/mol. The van der Waals surface area contributed by atoms with E-state index in [1.807, 2.05) is 0 Å². The van der Waals surface area contributed by atoms with Crippen molar-refractivity contribution in [1.29, 1.82) is 0 Å². The molecule has 0 N–H and O–H groups in total. The van der Waals surface area contributed by atoms with Crippen molar-refractivity contribution in [3.05, 3.63) is 47.9 Å². The average molecular weight is 173 g/mol. The summed E-state index contributed by atoms with van der Waals surface area (Å²) in [6.07, 6.45) is 5.03. The minimum absolute atomic E-state index is 0.0226. The van der Waals surface area contributed by atoms with Crippen molar-refractivity contribution in [1.82, 2.24) is 0 Å². The summed E-state index contributed by atoms with van der Waals surface area (Å²) in [7, 11) is 0. The largest absolute Gasteiger partial charge is 0.486 e. The summed E-state index contributed by atoms with van der Waals surface area (Å²) in [5.41, 5.74) is 2.39. The van der Waals surface area contributed by atoms with Crippen LogP contribution in [0.1, 0.15) is 17.2 Å². The van der Waals surface area contributed by atoms with Crippen LogP contribution in [0.3, 0.4) is 0 Å². The molecule has 1 heterocycles. The van der Waals surface area contributed by atoms with Crippen LogP contribution in [0.15, 0.2) is 41.7 Å². The third kappa shape index (κ3) is 1.78. The van der Waals surface area contributed by atoms with E-state index in [1.165, 1.54) is 5.56 Å². The maximum Gasteiger partial charge on any atom is 0.158 e. The lowest BCUT2D eigenvalue weighted by atomic mass is 10.1. The van der Waals surface area contributed by atoms with Crippen LogP contribution >= 0.6 is 0 Å². The summed E-state index contributed by atoms with van der Waals surface area (Å²) in [5.74, 6) is 0. The average Bonchev–Trinajstić information content (AvgIpc) is 2.20. The minimum atomic E-state index is -0.0226. The van der Waals surface area contributed by atoms with E-state index in [1.54, 1.807) is 18.7 Å². The van der Waals surface area contributed by atoms with E-state index in [0.29, 0.717) is 0 Å². The molecular weight excluding hydrogens is 162 g/mol. The van der Waals surface area contributed by atoms with Crippen molar-refractivity contribution in [3.63, 3.8) is 0 Å². The van der Waals surface area contributed by atoms with E-state index in [0.717, 1.165) is 5.56 Å². The summed E-state index contributed by atoms with van der Waals surface area (Å²) < 4.78 is 5.37. The lowest BCUT2D eigenvalue weighted by molar-refractivity contribution is 0.206. The first-order valence-electron chi connectivity index (χ1n) is 4.26. The number of hydrogen-bond donors (Lipinski definition) is 0. The van der Waals surface area contributed by atoms with Crippen molar-refractivity contribution in [3.8, 4) is 0 Å². The number of aliphatic imine (C=N–C) groups is 1. The van der Waals surface area contributed by atoms with Crippen LogP contribution in [-0.2, 0) is 4.74 Å². The van der Waals surface area contributed by atoms with Gasteiger partial charge in [-0.2, -0.15) is 0 Å². The SMILES string of the molecule is Cc1ccc(C2C=NC=CO2)cc1. The summed E-state index contributed by atoms with van der Waals surface area (Å²) in [4.78, 5) is 4.03. The predicted molar refractivity (Wildman–Crippen MR) is 52.6 cm³/mol. The zero-order chi connectivity index (χ0) is 9.10. The third-order valence-electron chi connectivity index (χ3n) is 2.00. The molecule has 2 nitrogen and oxygen atoms in total. The van der Waals surface area contributed by atoms with Crippen LogP contribution in [-0.4, -0.2) is 6.21 Å². The Morgan fingerprint density at radius 3 is 2.62 bits per heavy atom. The molecule has 0 bridgehead atoms. The van der Waals surface area contributed by atoms with Gasteiger partial charge in [0, 0.05) is 6.21 Å². The lowest BCUT2D eigenvalue weighted by Crippen LogP contribution is -2.04. The van der Waals surface area contributed by atoms with Gasteiger partial charge in [0.05, 0.1) is 6.20 Å². The fraction of sp³-hybridized carbons (Fsp3) is 0.182. The van der Waals surface area contributed by atoms with Crippen molar-refractivity contribution in [2.45, 2.75) is 13.0 Å². The van der Waals surface area contributed by atoms with Crippen LogP contribution in [0.4, 0.5) is 0 Å². The second kappa shape index (κ2) is 3.44. The van der Waals surface area contributed by atoms with Gasteiger partial charge in [-0.05, 0) is 12.5 Å². The molecule has 1 aliphatic rings. The van der Waals surface area contributed by atoms with Gasteiger partial charge in [0.2, 0.25) is 0 Å². The van der Waals surface area contributed by atoms with Crippen LogP contribution in [0.5, 0.6) is 0 Å². The highest BCUT2D eigenvalue weighted by Gasteiger charge is 2.09. The van der Waals surface area contributed by atoms with Gasteiger partial charge in [-0.1, -0.05) is 29.8 Å². The number of ether oxygens (including phenoxy) is 1. The molecule has 1 atom stereocenters. The highest BCUT2D eigenvalue weighted by Crippen LogP contribution is 2.18. The van der Waals surface area contributed by atoms with Crippen molar-refractivity contribution in [2.24, 2.45) is 4.99 Å². The van der Waals surface area contributed by atoms with Gasteiger partial charge in [0.15, 0.2) is 6.10 Å². The van der Waals surface area contributed by atoms with Gasteiger partial charge in [-0.3, -0.25) is 4.99 Å². The number of nitrogens with zero attached hydrogens (tertiary/aromatic N) is 1. The quantitative estimate of drug-likeness (QED) is 0.639. The molecule has 2 heteroatoms. The Bertz CT molecular complexity index is 338. The van der Waals surface area contributed by atoms with Crippen LogP contribution < -0.4 is 0 Å². The number of hydrogen-bond acceptors (Lipinski definition) is 2. The van der Waals surface area contributed by atoms with Crippen molar-refractivity contribution >= 4 is 6.21 Å². The summed E-state index contributed by atoms with van der Waals surface area (Å²) in [5, 5.41) is 0. The number of aryl methyl sites for hydroxylation is 1. The van der Waals surface area contributed by atoms with Gasteiger partial charge in [-0.15, -0.1) is 0 Å². The first-order chi connectivity index (χ1) is 6.36. The molecule has 0 fully saturated rings. The Hall–Kier alpha value is -1.57. The van der Waals surface area contributed by atoms with E-state index in [2.05, 4.69) is 36.2 Å². The second-order valence-electron chi connectivity index (χ2n) is 3.05. The Morgan fingerprint density at radius 2 is 2.00 bits per heavy atom. The molecule has 0 aliphatic carbocycles. The number of benzene rings is 1. The summed E-state index contributed by atoms with van der Waals surface area (Å²) in [6, 6.07) is 8.27. The number of rotatable bonds is 1. The molecule has 1 aromatic carbocycles. The Kier molecular flexibility index (Phi) is 2.13. The molecule has 0 saturated heterocycles. The molecule has 0 aromatic heterocycles. The van der Waals surface area contributed by atoms with Crippen molar-refractivity contribution in [2.75, 3.05) is 0 Å². The molecule has 66 valence electrons. The zero-order valence-electron chi connectivity index (χ0n) is 7.47. The van der Waals surface area contributed by atoms with E-state index >= 15 is 0 Å². The van der Waals surface area contributed by atoms with Crippen LogP contribution in [0.25, 0.3) is 0 Å². The van der Waals surface area contributed by atoms with Gasteiger partial charge in [-0.25, -0.2) is 0 Å². The highest BCUT2D eigenvalue weighted by molar-refractivity contribution is 5.67. The molecule has 1 unspecified atom stereocenters. The third-order valence-corrected chi connectivity index (χ3v) is 2.00. The minimum Gasteiger partial charge on any atom is -0.486 e. The van der Waals surface area contributed by atoms with Crippen LogP contribution in [0, 0.1) is 6.92 Å². The molecule has 13 heavy (non-hydrogen) atoms. The Morgan fingerprint density at radius 1 is 1.23 bits per heavy atom. The van der Waals surface area contributed by atoms with Gasteiger partial charge in [0.1, 0.15) is 6.26 Å². The fourth-order valence-corrected chi connectivity index (χ4v) is 1.24. The smallest absolute Gasteiger partial charge is 0.158 e. The molecule has 2 rings (SSSR count). The maximum atomic E-state index is 5.37. The van der Waals surface area contributed by atoms with Gasteiger partial charge in [0.25, 0.3) is 0 Å². The Balaban J connectivity index is 2.21. The van der Waals surface area contributed by atoms with E-state index in [4.69, 9.17) is 4.74 Å². The molecular formula is C11H11NO. The first kappa shape index (κ1) is 8.05. The predicted octanol–water partition coefficient (Wildman–Crippen LogP) is 2.61. The standard InChI is InChI=1S/C11H11NO/c1-9-2-4-10(5-3-9)11-8-12-6-7-13-11/h2-8,11H,1H3. The van der Waals surface area contributed by atoms with E-state index in [-0.39, 0.29) is 6.10 Å². The highest BCUT2D eigenvalue weighted by atomic mass is 16.5. The summed E-state index contributed by atoms with van der Waals surface area (Å²) in [6.45, 7) is 2.07. The molecule has 0 spiro atoms. The maximum absolute atomic E-state index is 5.37. The molecule has 0 radical (unpaired) electrons. The Labute approximate surface area is 77.6 Å². The second-order valence-corrected chi connectivity index (χ2v) is 3.05. The first-order valence-corrected chi connectivity index (χ1v) is 4.26. The topological polar surface area (TPSA) is 21.6 Å². The van der Waals surface area contributed by atoms with E-state index < -0.39 is 0 Å². The zero-order valence-corrected chi connectivity index (χ0v) is 7.47. The fourth-order valence-electron chi connectivity index (χ4n) is 1.24. The van der Waals surface area contributed by atoms with Gasteiger partial charge < -0.3 is 4.74 Å². The normalized spacial score (nSPS) is 19.9. The summed E-state index contributed by atoms with van der Waals surface area (Å²) >= 11 is 0. The van der Waals surface area contributed by atoms with Gasteiger partial charge >= 0.3 is 0 Å². The van der Waals surface area contributed by atoms with Crippen LogP contribution in [0.2, 0.25) is 0 Å². The van der Waals surface area contributed by atoms with E-state index in [9.17, 15) is 0 Å². The lowest BCUT2D eigenvalue weighted by Gasteiger charge is -2.14. The molecule has 0 saturated carbocycles.